The minimum absolute atomic E-state index is 0.0111. The molecule has 5 nitrogen and oxygen atoms in total. The van der Waals surface area contributed by atoms with Gasteiger partial charge in [-0.2, -0.15) is 0 Å². The van der Waals surface area contributed by atoms with Gasteiger partial charge in [0.25, 0.3) is 0 Å². The predicted octanol–water partition coefficient (Wildman–Crippen LogP) is 4.74. The molecule has 0 radical (unpaired) electrons. The summed E-state index contributed by atoms with van der Waals surface area (Å²) in [5.41, 5.74) is 3.62. The van der Waals surface area contributed by atoms with Crippen molar-refractivity contribution in [2.75, 3.05) is 11.7 Å². The Balaban J connectivity index is 1.46. The number of pyridine rings is 1. The SMILES string of the molecule is O=C(Cc1cccc2cccnc12)N(Cc1ccc2c(c1)OCO2)c1ccccc1. The maximum atomic E-state index is 13.4. The monoisotopic (exact) mass is 396 g/mol. The summed E-state index contributed by atoms with van der Waals surface area (Å²) < 4.78 is 10.9. The molecule has 0 bridgehead atoms. The summed E-state index contributed by atoms with van der Waals surface area (Å²) in [6.45, 7) is 0.672. The van der Waals surface area contributed by atoms with Crippen LogP contribution in [0.2, 0.25) is 0 Å². The molecule has 1 amide bonds. The van der Waals surface area contributed by atoms with Crippen LogP contribution in [0.15, 0.2) is 85.1 Å². The summed E-state index contributed by atoms with van der Waals surface area (Å²) in [5.74, 6) is 1.46. The highest BCUT2D eigenvalue weighted by Gasteiger charge is 2.20. The van der Waals surface area contributed by atoms with Crippen molar-refractivity contribution >= 4 is 22.5 Å². The summed E-state index contributed by atoms with van der Waals surface area (Å²) in [6, 6.07) is 25.4. The third kappa shape index (κ3) is 3.57. The van der Waals surface area contributed by atoms with E-state index in [-0.39, 0.29) is 19.1 Å². The van der Waals surface area contributed by atoms with Gasteiger partial charge >= 0.3 is 0 Å². The topological polar surface area (TPSA) is 51.7 Å². The van der Waals surface area contributed by atoms with Gasteiger partial charge in [-0.1, -0.05) is 48.5 Å². The molecule has 5 heteroatoms. The van der Waals surface area contributed by atoms with Crippen LogP contribution in [0.1, 0.15) is 11.1 Å². The van der Waals surface area contributed by atoms with Gasteiger partial charge in [0.15, 0.2) is 11.5 Å². The molecule has 0 saturated heterocycles. The summed E-state index contributed by atoms with van der Waals surface area (Å²) in [5, 5.41) is 1.03. The average Bonchev–Trinajstić information content (AvgIpc) is 3.26. The molecule has 0 unspecified atom stereocenters. The largest absolute Gasteiger partial charge is 0.454 e. The van der Waals surface area contributed by atoms with Crippen LogP contribution in [0.3, 0.4) is 0 Å². The highest BCUT2D eigenvalue weighted by atomic mass is 16.7. The quantitative estimate of drug-likeness (QED) is 0.489. The molecule has 5 rings (SSSR count). The van der Waals surface area contributed by atoms with Crippen molar-refractivity contribution in [1.82, 2.24) is 4.98 Å². The number of hydrogen-bond donors (Lipinski definition) is 0. The standard InChI is InChI=1S/C25H20N2O3/c28-24(15-20-7-4-6-19-8-5-13-26-25(19)20)27(21-9-2-1-3-10-21)16-18-11-12-22-23(14-18)30-17-29-22/h1-14H,15-17H2. The van der Waals surface area contributed by atoms with Crippen LogP contribution < -0.4 is 14.4 Å². The number of hydrogen-bond acceptors (Lipinski definition) is 4. The number of nitrogens with zero attached hydrogens (tertiary/aromatic N) is 2. The molecule has 30 heavy (non-hydrogen) atoms. The Hall–Kier alpha value is -3.86. The highest BCUT2D eigenvalue weighted by molar-refractivity contribution is 5.97. The minimum atomic E-state index is 0.0111. The Morgan fingerprint density at radius 1 is 0.900 bits per heavy atom. The fraction of sp³-hybridized carbons (Fsp3) is 0.120. The smallest absolute Gasteiger partial charge is 0.231 e. The normalized spacial score (nSPS) is 12.1. The van der Waals surface area contributed by atoms with E-state index in [1.165, 1.54) is 0 Å². The van der Waals surface area contributed by atoms with Gasteiger partial charge in [0.1, 0.15) is 0 Å². The molecule has 0 aliphatic carbocycles. The lowest BCUT2D eigenvalue weighted by atomic mass is 10.1. The maximum Gasteiger partial charge on any atom is 0.231 e. The van der Waals surface area contributed by atoms with Crippen molar-refractivity contribution in [1.29, 1.82) is 0 Å². The molecule has 148 valence electrons. The van der Waals surface area contributed by atoms with Gasteiger partial charge in [-0.15, -0.1) is 0 Å². The first-order valence-corrected chi connectivity index (χ1v) is 9.84. The number of carbonyl (C=O) groups is 1. The fourth-order valence-electron chi connectivity index (χ4n) is 3.72. The molecule has 0 saturated carbocycles. The summed E-state index contributed by atoms with van der Waals surface area (Å²) in [6.07, 6.45) is 2.03. The van der Waals surface area contributed by atoms with E-state index in [2.05, 4.69) is 4.98 Å². The Labute approximate surface area is 174 Å². The first kappa shape index (κ1) is 18.2. The van der Waals surface area contributed by atoms with Crippen LogP contribution in [0.5, 0.6) is 11.5 Å². The van der Waals surface area contributed by atoms with Crippen molar-refractivity contribution in [3.05, 3.63) is 96.2 Å². The number of carbonyl (C=O) groups excluding carboxylic acids is 1. The molecule has 4 aromatic rings. The number of ether oxygens (including phenoxy) is 2. The van der Waals surface area contributed by atoms with Gasteiger partial charge in [-0.3, -0.25) is 9.78 Å². The van der Waals surface area contributed by atoms with Crippen molar-refractivity contribution in [2.24, 2.45) is 0 Å². The van der Waals surface area contributed by atoms with Crippen molar-refractivity contribution in [3.63, 3.8) is 0 Å². The third-order valence-electron chi connectivity index (χ3n) is 5.20. The predicted molar refractivity (Wildman–Crippen MR) is 116 cm³/mol. The maximum absolute atomic E-state index is 13.4. The van der Waals surface area contributed by atoms with Gasteiger partial charge < -0.3 is 14.4 Å². The highest BCUT2D eigenvalue weighted by Crippen LogP contribution is 2.33. The first-order valence-electron chi connectivity index (χ1n) is 9.84. The molecular weight excluding hydrogens is 376 g/mol. The lowest BCUT2D eigenvalue weighted by molar-refractivity contribution is -0.118. The van der Waals surface area contributed by atoms with Crippen LogP contribution in [-0.4, -0.2) is 17.7 Å². The van der Waals surface area contributed by atoms with Gasteiger partial charge in [0, 0.05) is 17.3 Å². The molecular formula is C25H20N2O3. The van der Waals surface area contributed by atoms with E-state index in [9.17, 15) is 4.79 Å². The number of benzene rings is 3. The number of fused-ring (bicyclic) bond motifs is 2. The Morgan fingerprint density at radius 3 is 2.63 bits per heavy atom. The minimum Gasteiger partial charge on any atom is -0.454 e. The van der Waals surface area contributed by atoms with E-state index in [0.29, 0.717) is 12.3 Å². The zero-order chi connectivity index (χ0) is 20.3. The second kappa shape index (κ2) is 7.87. The third-order valence-corrected chi connectivity index (χ3v) is 5.20. The second-order valence-corrected chi connectivity index (χ2v) is 7.17. The molecule has 0 fully saturated rings. The molecule has 1 aliphatic rings. The molecule has 0 atom stereocenters. The zero-order valence-corrected chi connectivity index (χ0v) is 16.3. The van der Waals surface area contributed by atoms with Gasteiger partial charge in [0.2, 0.25) is 12.7 Å². The number of amides is 1. The van der Waals surface area contributed by atoms with Crippen LogP contribution >= 0.6 is 0 Å². The van der Waals surface area contributed by atoms with E-state index >= 15 is 0 Å². The van der Waals surface area contributed by atoms with Crippen LogP contribution in [0.4, 0.5) is 5.69 Å². The van der Waals surface area contributed by atoms with Crippen LogP contribution in [0.25, 0.3) is 10.9 Å². The molecule has 1 aromatic heterocycles. The van der Waals surface area contributed by atoms with Gasteiger partial charge in [0.05, 0.1) is 18.5 Å². The Kier molecular flexibility index (Phi) is 4.77. The van der Waals surface area contributed by atoms with E-state index < -0.39 is 0 Å². The summed E-state index contributed by atoms with van der Waals surface area (Å²) in [7, 11) is 0. The number of anilines is 1. The Bertz CT molecular complexity index is 1200. The molecule has 0 spiro atoms. The molecule has 3 aromatic carbocycles. The number of aromatic nitrogens is 1. The number of rotatable bonds is 5. The van der Waals surface area contributed by atoms with Crippen molar-refractivity contribution in [3.8, 4) is 11.5 Å². The van der Waals surface area contributed by atoms with Crippen molar-refractivity contribution in [2.45, 2.75) is 13.0 Å². The molecule has 1 aliphatic heterocycles. The lowest BCUT2D eigenvalue weighted by Crippen LogP contribution is -2.31. The lowest BCUT2D eigenvalue weighted by Gasteiger charge is -2.23. The molecule has 2 heterocycles. The number of para-hydroxylation sites is 2. The Morgan fingerprint density at radius 2 is 1.73 bits per heavy atom. The fourth-order valence-corrected chi connectivity index (χ4v) is 3.72. The average molecular weight is 396 g/mol. The van der Waals surface area contributed by atoms with E-state index in [1.807, 2.05) is 78.9 Å². The van der Waals surface area contributed by atoms with E-state index in [1.54, 1.807) is 11.1 Å². The van der Waals surface area contributed by atoms with Gasteiger partial charge in [-0.25, -0.2) is 0 Å². The second-order valence-electron chi connectivity index (χ2n) is 7.17. The van der Waals surface area contributed by atoms with E-state index in [0.717, 1.165) is 33.5 Å². The van der Waals surface area contributed by atoms with E-state index in [4.69, 9.17) is 9.47 Å². The van der Waals surface area contributed by atoms with Gasteiger partial charge in [-0.05, 0) is 41.5 Å². The van der Waals surface area contributed by atoms with Crippen molar-refractivity contribution < 1.29 is 14.3 Å². The van der Waals surface area contributed by atoms with Crippen LogP contribution in [0, 0.1) is 0 Å². The summed E-state index contributed by atoms with van der Waals surface area (Å²) in [4.78, 5) is 19.7. The summed E-state index contributed by atoms with van der Waals surface area (Å²) >= 11 is 0. The molecule has 0 N–H and O–H groups in total. The van der Waals surface area contributed by atoms with Crippen LogP contribution in [-0.2, 0) is 17.8 Å². The first-order chi connectivity index (χ1) is 14.8. The zero-order valence-electron chi connectivity index (χ0n) is 16.3.